The molecule has 1 aromatic heterocycles. The first-order valence-corrected chi connectivity index (χ1v) is 5.08. The molecule has 0 aliphatic rings. The third-order valence-electron chi connectivity index (χ3n) is 2.12. The summed E-state index contributed by atoms with van der Waals surface area (Å²) in [6.07, 6.45) is 5.42. The number of hydrogen-bond donors (Lipinski definition) is 1. The van der Waals surface area contributed by atoms with Crippen LogP contribution in [0.25, 0.3) is 0 Å². The fourth-order valence-corrected chi connectivity index (χ4v) is 1.18. The summed E-state index contributed by atoms with van der Waals surface area (Å²) < 4.78 is 7.39. The molecule has 0 aliphatic heterocycles. The number of rotatable bonds is 5. The van der Waals surface area contributed by atoms with Gasteiger partial charge >= 0.3 is 0 Å². The lowest BCUT2D eigenvalue weighted by Crippen LogP contribution is -3.00. The maximum atomic E-state index is 8.46. The molecule has 0 aromatic carbocycles. The summed E-state index contributed by atoms with van der Waals surface area (Å²) in [6, 6.07) is 3.74. The van der Waals surface area contributed by atoms with Crippen LogP contribution in [-0.2, 0) is 7.05 Å². The highest BCUT2D eigenvalue weighted by Gasteiger charge is 2.05. The Morgan fingerprint density at radius 1 is 1.56 bits per heavy atom. The first-order chi connectivity index (χ1) is 7.27. The van der Waals surface area contributed by atoms with Gasteiger partial charge in [-0.25, -0.2) is 0 Å². The van der Waals surface area contributed by atoms with E-state index in [2.05, 4.69) is 12.1 Å². The van der Waals surface area contributed by atoms with E-state index in [1.807, 2.05) is 29.9 Å². The minimum atomic E-state index is 0. The highest BCUT2D eigenvalue weighted by atomic mass is 127. The summed E-state index contributed by atoms with van der Waals surface area (Å²) in [7, 11) is 1.88. The standard InChI is InChI=1S/C11H16N2O2.HI/c1-3-4-7-15-11-5-6-13(2)10(8-11)9-12-14;/h5-6,8-9H,3-4,7H2,1-2H3;1H. The molecule has 0 unspecified atom stereocenters. The molecular formula is C11H17IN2O2. The second kappa shape index (κ2) is 8.32. The van der Waals surface area contributed by atoms with Crippen molar-refractivity contribution >= 4 is 6.21 Å². The van der Waals surface area contributed by atoms with Crippen molar-refractivity contribution in [1.82, 2.24) is 0 Å². The number of aromatic nitrogens is 1. The third kappa shape index (κ3) is 4.78. The molecule has 4 nitrogen and oxygen atoms in total. The second-order valence-corrected chi connectivity index (χ2v) is 3.34. The summed E-state index contributed by atoms with van der Waals surface area (Å²) in [5.74, 6) is 0.802. The van der Waals surface area contributed by atoms with Gasteiger partial charge in [0, 0.05) is 6.07 Å². The molecule has 90 valence electrons. The van der Waals surface area contributed by atoms with Crippen LogP contribution in [0.2, 0.25) is 0 Å². The lowest BCUT2D eigenvalue weighted by atomic mass is 10.3. The van der Waals surface area contributed by atoms with Crippen LogP contribution in [0, 0.1) is 0 Å². The van der Waals surface area contributed by atoms with Gasteiger partial charge in [0.1, 0.15) is 19.0 Å². The predicted molar refractivity (Wildman–Crippen MR) is 57.4 cm³/mol. The summed E-state index contributed by atoms with van der Waals surface area (Å²) in [5.41, 5.74) is 0.798. The Morgan fingerprint density at radius 3 is 2.94 bits per heavy atom. The van der Waals surface area contributed by atoms with Crippen molar-refractivity contribution in [3.05, 3.63) is 24.0 Å². The van der Waals surface area contributed by atoms with E-state index in [-0.39, 0.29) is 24.0 Å². The van der Waals surface area contributed by atoms with Gasteiger partial charge < -0.3 is 33.9 Å². The lowest BCUT2D eigenvalue weighted by molar-refractivity contribution is -0.672. The smallest absolute Gasteiger partial charge is 0.230 e. The molecule has 1 aromatic rings. The van der Waals surface area contributed by atoms with Crippen LogP contribution < -0.4 is 33.3 Å². The van der Waals surface area contributed by atoms with Gasteiger partial charge in [0.05, 0.1) is 12.7 Å². The van der Waals surface area contributed by atoms with Gasteiger partial charge in [-0.05, 0) is 6.42 Å². The maximum absolute atomic E-state index is 8.46. The monoisotopic (exact) mass is 336 g/mol. The van der Waals surface area contributed by atoms with E-state index in [4.69, 9.17) is 9.94 Å². The number of halogens is 1. The Bertz CT molecular complexity index is 343. The molecule has 1 rings (SSSR count). The molecule has 0 fully saturated rings. The number of hydrogen-bond acceptors (Lipinski definition) is 3. The van der Waals surface area contributed by atoms with Crippen LogP contribution >= 0.6 is 0 Å². The highest BCUT2D eigenvalue weighted by Crippen LogP contribution is 2.09. The average molecular weight is 336 g/mol. The van der Waals surface area contributed by atoms with E-state index < -0.39 is 0 Å². The molecule has 0 aliphatic carbocycles. The molecule has 0 spiro atoms. The SMILES string of the molecule is CCCCOc1cc[n+](C)c(/C=N/O)c1.[I-]. The van der Waals surface area contributed by atoms with Crippen molar-refractivity contribution in [2.45, 2.75) is 19.8 Å². The van der Waals surface area contributed by atoms with Crippen LogP contribution in [-0.4, -0.2) is 18.0 Å². The van der Waals surface area contributed by atoms with Crippen molar-refractivity contribution in [3.8, 4) is 5.75 Å². The minimum absolute atomic E-state index is 0. The van der Waals surface area contributed by atoms with Gasteiger partial charge in [-0.2, -0.15) is 4.57 Å². The Hall–Kier alpha value is -0.850. The topological polar surface area (TPSA) is 45.7 Å². The van der Waals surface area contributed by atoms with Crippen molar-refractivity contribution in [1.29, 1.82) is 0 Å². The van der Waals surface area contributed by atoms with Gasteiger partial charge in [0.25, 0.3) is 0 Å². The Balaban J connectivity index is 0.00000225. The Labute approximate surface area is 113 Å². The molecule has 0 saturated carbocycles. The molecule has 0 radical (unpaired) electrons. The van der Waals surface area contributed by atoms with Gasteiger partial charge in [0.2, 0.25) is 5.69 Å². The van der Waals surface area contributed by atoms with Gasteiger partial charge in [-0.15, -0.1) is 0 Å². The summed E-state index contributed by atoms with van der Waals surface area (Å²) in [4.78, 5) is 0. The molecule has 1 heterocycles. The van der Waals surface area contributed by atoms with Gasteiger partial charge in [0.15, 0.2) is 6.20 Å². The fraction of sp³-hybridized carbons (Fsp3) is 0.455. The van der Waals surface area contributed by atoms with E-state index in [9.17, 15) is 0 Å². The van der Waals surface area contributed by atoms with Crippen LogP contribution in [0.3, 0.4) is 0 Å². The van der Waals surface area contributed by atoms with Gasteiger partial charge in [-0.1, -0.05) is 18.5 Å². The summed E-state index contributed by atoms with van der Waals surface area (Å²) in [5, 5.41) is 11.5. The highest BCUT2D eigenvalue weighted by molar-refractivity contribution is 5.74. The van der Waals surface area contributed by atoms with Crippen LogP contribution in [0.4, 0.5) is 0 Å². The van der Waals surface area contributed by atoms with E-state index in [0.717, 1.165) is 30.9 Å². The molecule has 5 heteroatoms. The molecule has 0 bridgehead atoms. The normalized spacial score (nSPS) is 10.1. The van der Waals surface area contributed by atoms with E-state index in [0.29, 0.717) is 0 Å². The number of unbranched alkanes of at least 4 members (excludes halogenated alkanes) is 1. The van der Waals surface area contributed by atoms with Crippen LogP contribution in [0.5, 0.6) is 5.75 Å². The summed E-state index contributed by atoms with van der Waals surface area (Å²) >= 11 is 0. The molecule has 0 atom stereocenters. The fourth-order valence-electron chi connectivity index (χ4n) is 1.18. The Morgan fingerprint density at radius 2 is 2.31 bits per heavy atom. The van der Waals surface area contributed by atoms with Crippen LogP contribution in [0.1, 0.15) is 25.5 Å². The van der Waals surface area contributed by atoms with Crippen molar-refractivity contribution in [2.75, 3.05) is 6.61 Å². The van der Waals surface area contributed by atoms with Gasteiger partial charge in [-0.3, -0.25) is 0 Å². The number of nitrogens with zero attached hydrogens (tertiary/aromatic N) is 2. The maximum Gasteiger partial charge on any atom is 0.230 e. The zero-order valence-corrected chi connectivity index (χ0v) is 11.7. The molecular weight excluding hydrogens is 319 g/mol. The van der Waals surface area contributed by atoms with Crippen LogP contribution in [0.15, 0.2) is 23.5 Å². The lowest BCUT2D eigenvalue weighted by Gasteiger charge is -2.04. The van der Waals surface area contributed by atoms with E-state index in [1.54, 1.807) is 0 Å². The van der Waals surface area contributed by atoms with Crippen molar-refractivity contribution in [2.24, 2.45) is 12.2 Å². The quantitative estimate of drug-likeness (QED) is 0.178. The zero-order valence-electron chi connectivity index (χ0n) is 9.56. The molecule has 0 amide bonds. The summed E-state index contributed by atoms with van der Waals surface area (Å²) in [6.45, 7) is 2.85. The first-order valence-electron chi connectivity index (χ1n) is 5.08. The van der Waals surface area contributed by atoms with Crippen molar-refractivity contribution < 1.29 is 38.5 Å². The number of aryl methyl sites for hydroxylation is 1. The second-order valence-electron chi connectivity index (χ2n) is 3.34. The number of oxime groups is 1. The largest absolute Gasteiger partial charge is 1.00 e. The van der Waals surface area contributed by atoms with E-state index in [1.165, 1.54) is 6.21 Å². The number of ether oxygens (including phenoxy) is 1. The first kappa shape index (κ1) is 15.2. The van der Waals surface area contributed by atoms with Crippen molar-refractivity contribution in [3.63, 3.8) is 0 Å². The Kier molecular flexibility index (Phi) is 7.88. The predicted octanol–water partition coefficient (Wildman–Crippen LogP) is -1.50. The molecule has 16 heavy (non-hydrogen) atoms. The minimum Gasteiger partial charge on any atom is -1.00 e. The third-order valence-corrected chi connectivity index (χ3v) is 2.12. The average Bonchev–Trinajstić information content (AvgIpc) is 2.23. The molecule has 0 saturated heterocycles. The van der Waals surface area contributed by atoms with E-state index >= 15 is 0 Å². The molecule has 1 N–H and O–H groups in total. The number of pyridine rings is 1. The zero-order chi connectivity index (χ0) is 11.1.